The standard InChI is InChI=1S/C20H19N7O/c28-20-6-3-17(15-7-9-21-10-8-15)23-27(20)14-16-2-1-12-25(16)19-5-4-18-22-11-13-26(18)24-19/h3-11,13,16H,1-2,12,14H2. The number of anilines is 1. The minimum Gasteiger partial charge on any atom is -0.350 e. The maximum absolute atomic E-state index is 12.4. The van der Waals surface area contributed by atoms with Crippen LogP contribution in [0.15, 0.2) is 66.0 Å². The van der Waals surface area contributed by atoms with Crippen molar-refractivity contribution >= 4 is 11.5 Å². The monoisotopic (exact) mass is 373 g/mol. The van der Waals surface area contributed by atoms with Crippen LogP contribution in [0.4, 0.5) is 5.82 Å². The number of imidazole rings is 1. The van der Waals surface area contributed by atoms with E-state index >= 15 is 0 Å². The normalized spacial score (nSPS) is 16.7. The lowest BCUT2D eigenvalue weighted by Crippen LogP contribution is -2.37. The number of fused-ring (bicyclic) bond motifs is 1. The molecular weight excluding hydrogens is 354 g/mol. The second-order valence-corrected chi connectivity index (χ2v) is 6.89. The van der Waals surface area contributed by atoms with Crippen molar-refractivity contribution in [1.29, 1.82) is 0 Å². The van der Waals surface area contributed by atoms with Crippen molar-refractivity contribution in [2.24, 2.45) is 0 Å². The van der Waals surface area contributed by atoms with E-state index in [1.807, 2.05) is 30.5 Å². The number of aromatic nitrogens is 6. The molecule has 1 aliphatic rings. The van der Waals surface area contributed by atoms with Crippen LogP contribution in [0.3, 0.4) is 0 Å². The van der Waals surface area contributed by atoms with E-state index in [0.29, 0.717) is 6.54 Å². The molecule has 1 fully saturated rings. The molecule has 0 bridgehead atoms. The van der Waals surface area contributed by atoms with Gasteiger partial charge in [-0.25, -0.2) is 14.2 Å². The first-order valence-corrected chi connectivity index (χ1v) is 9.33. The first-order valence-electron chi connectivity index (χ1n) is 9.33. The molecule has 5 rings (SSSR count). The molecule has 8 heteroatoms. The lowest BCUT2D eigenvalue weighted by Gasteiger charge is -2.25. The van der Waals surface area contributed by atoms with Gasteiger partial charge in [0.15, 0.2) is 5.65 Å². The number of rotatable bonds is 4. The molecule has 0 radical (unpaired) electrons. The fraction of sp³-hybridized carbons (Fsp3) is 0.250. The Balaban J connectivity index is 1.44. The summed E-state index contributed by atoms with van der Waals surface area (Å²) in [4.78, 5) is 23.0. The predicted octanol–water partition coefficient (Wildman–Crippen LogP) is 2.02. The SMILES string of the molecule is O=c1ccc(-c2ccncc2)nn1CC1CCCN1c1ccc2nccn2n1. The highest BCUT2D eigenvalue weighted by Crippen LogP contribution is 2.25. The van der Waals surface area contributed by atoms with Crippen LogP contribution in [0.2, 0.25) is 0 Å². The lowest BCUT2D eigenvalue weighted by atomic mass is 10.2. The van der Waals surface area contributed by atoms with E-state index in [9.17, 15) is 4.79 Å². The summed E-state index contributed by atoms with van der Waals surface area (Å²) >= 11 is 0. The van der Waals surface area contributed by atoms with Gasteiger partial charge in [-0.2, -0.15) is 5.10 Å². The first kappa shape index (κ1) is 16.6. The fourth-order valence-corrected chi connectivity index (χ4v) is 3.74. The van der Waals surface area contributed by atoms with E-state index in [1.54, 1.807) is 39.9 Å². The van der Waals surface area contributed by atoms with Gasteiger partial charge >= 0.3 is 0 Å². The van der Waals surface area contributed by atoms with Gasteiger partial charge in [-0.05, 0) is 43.2 Å². The minimum absolute atomic E-state index is 0.0947. The molecule has 0 saturated carbocycles. The van der Waals surface area contributed by atoms with Gasteiger partial charge in [-0.1, -0.05) is 0 Å². The van der Waals surface area contributed by atoms with Crippen molar-refractivity contribution in [3.05, 3.63) is 71.5 Å². The van der Waals surface area contributed by atoms with Gasteiger partial charge in [0, 0.05) is 43.0 Å². The molecule has 28 heavy (non-hydrogen) atoms. The quantitative estimate of drug-likeness (QED) is 0.544. The molecule has 1 atom stereocenters. The second-order valence-electron chi connectivity index (χ2n) is 6.89. The zero-order chi connectivity index (χ0) is 18.9. The van der Waals surface area contributed by atoms with Crippen LogP contribution in [0.5, 0.6) is 0 Å². The molecule has 5 heterocycles. The summed E-state index contributed by atoms with van der Waals surface area (Å²) in [5.41, 5.74) is 2.44. The molecule has 1 aliphatic heterocycles. The maximum atomic E-state index is 12.4. The zero-order valence-corrected chi connectivity index (χ0v) is 15.2. The van der Waals surface area contributed by atoms with Crippen LogP contribution in [0.1, 0.15) is 12.8 Å². The molecule has 1 saturated heterocycles. The molecule has 0 aliphatic carbocycles. The molecule has 1 unspecified atom stereocenters. The van der Waals surface area contributed by atoms with Crippen LogP contribution >= 0.6 is 0 Å². The third kappa shape index (κ3) is 3.02. The van der Waals surface area contributed by atoms with E-state index in [1.165, 1.54) is 0 Å². The smallest absolute Gasteiger partial charge is 0.266 e. The van der Waals surface area contributed by atoms with Crippen LogP contribution in [-0.2, 0) is 6.54 Å². The Morgan fingerprint density at radius 3 is 2.79 bits per heavy atom. The van der Waals surface area contributed by atoms with E-state index in [-0.39, 0.29) is 11.6 Å². The maximum Gasteiger partial charge on any atom is 0.266 e. The van der Waals surface area contributed by atoms with Gasteiger partial charge in [-0.15, -0.1) is 5.10 Å². The summed E-state index contributed by atoms with van der Waals surface area (Å²) in [6.45, 7) is 1.44. The van der Waals surface area contributed by atoms with Gasteiger partial charge < -0.3 is 4.90 Å². The summed E-state index contributed by atoms with van der Waals surface area (Å²) in [6.07, 6.45) is 9.09. The largest absolute Gasteiger partial charge is 0.350 e. The Labute approximate surface area is 161 Å². The predicted molar refractivity (Wildman–Crippen MR) is 105 cm³/mol. The highest BCUT2D eigenvalue weighted by molar-refractivity contribution is 5.57. The molecule has 0 spiro atoms. The van der Waals surface area contributed by atoms with Gasteiger partial charge in [0.25, 0.3) is 5.56 Å². The third-order valence-corrected chi connectivity index (χ3v) is 5.14. The Morgan fingerprint density at radius 2 is 1.89 bits per heavy atom. The topological polar surface area (TPSA) is 81.2 Å². The second kappa shape index (κ2) is 6.88. The molecule has 8 nitrogen and oxygen atoms in total. The number of hydrogen-bond acceptors (Lipinski definition) is 6. The van der Waals surface area contributed by atoms with Gasteiger partial charge in [0.05, 0.1) is 18.3 Å². The summed E-state index contributed by atoms with van der Waals surface area (Å²) < 4.78 is 3.34. The van der Waals surface area contributed by atoms with Crippen molar-refractivity contribution in [3.8, 4) is 11.3 Å². The number of pyridine rings is 1. The number of nitrogens with zero attached hydrogens (tertiary/aromatic N) is 7. The Hall–Kier alpha value is -3.55. The van der Waals surface area contributed by atoms with Crippen molar-refractivity contribution in [1.82, 2.24) is 29.4 Å². The summed E-state index contributed by atoms with van der Waals surface area (Å²) in [6, 6.07) is 11.3. The fourth-order valence-electron chi connectivity index (χ4n) is 3.74. The Bertz CT molecular complexity index is 1170. The van der Waals surface area contributed by atoms with E-state index < -0.39 is 0 Å². The summed E-state index contributed by atoms with van der Waals surface area (Å²) in [5, 5.41) is 9.25. The summed E-state index contributed by atoms with van der Waals surface area (Å²) in [5.74, 6) is 0.895. The molecule has 140 valence electrons. The molecule has 0 N–H and O–H groups in total. The lowest BCUT2D eigenvalue weighted by molar-refractivity contribution is 0.488. The van der Waals surface area contributed by atoms with Crippen LogP contribution < -0.4 is 10.5 Å². The van der Waals surface area contributed by atoms with Crippen LogP contribution in [0, 0.1) is 0 Å². The van der Waals surface area contributed by atoms with Crippen molar-refractivity contribution in [2.75, 3.05) is 11.4 Å². The highest BCUT2D eigenvalue weighted by atomic mass is 16.1. The molecule has 0 amide bonds. The van der Waals surface area contributed by atoms with Gasteiger partial charge in [0.2, 0.25) is 0 Å². The van der Waals surface area contributed by atoms with Gasteiger partial charge in [0.1, 0.15) is 5.82 Å². The van der Waals surface area contributed by atoms with Crippen molar-refractivity contribution in [3.63, 3.8) is 0 Å². The number of hydrogen-bond donors (Lipinski definition) is 0. The molecule has 4 aromatic heterocycles. The van der Waals surface area contributed by atoms with Crippen molar-refractivity contribution in [2.45, 2.75) is 25.4 Å². The van der Waals surface area contributed by atoms with Crippen LogP contribution in [-0.4, -0.2) is 41.9 Å². The highest BCUT2D eigenvalue weighted by Gasteiger charge is 2.27. The molecular formula is C20H19N7O. The van der Waals surface area contributed by atoms with Crippen LogP contribution in [0.25, 0.3) is 16.9 Å². The zero-order valence-electron chi connectivity index (χ0n) is 15.2. The van der Waals surface area contributed by atoms with Gasteiger partial charge in [-0.3, -0.25) is 9.78 Å². The average molecular weight is 373 g/mol. The van der Waals surface area contributed by atoms with E-state index in [0.717, 1.165) is 42.1 Å². The Kier molecular flexibility index (Phi) is 4.08. The first-order chi connectivity index (χ1) is 13.8. The average Bonchev–Trinajstić information content (AvgIpc) is 3.39. The summed E-state index contributed by atoms with van der Waals surface area (Å²) in [7, 11) is 0. The minimum atomic E-state index is -0.0947. The third-order valence-electron chi connectivity index (χ3n) is 5.14. The van der Waals surface area contributed by atoms with E-state index in [4.69, 9.17) is 0 Å². The Morgan fingerprint density at radius 1 is 1.00 bits per heavy atom. The van der Waals surface area contributed by atoms with Crippen molar-refractivity contribution < 1.29 is 0 Å². The molecule has 0 aromatic carbocycles. The van der Waals surface area contributed by atoms with E-state index in [2.05, 4.69) is 25.1 Å². The molecule has 4 aromatic rings.